The van der Waals surface area contributed by atoms with Crippen LogP contribution in [0.15, 0.2) is 59.7 Å². The Bertz CT molecular complexity index is 2870. The minimum atomic E-state index is -5.24. The van der Waals surface area contributed by atoms with Crippen molar-refractivity contribution in [2.45, 2.75) is 122 Å². The van der Waals surface area contributed by atoms with Crippen LogP contribution in [0.1, 0.15) is 74.0 Å². The van der Waals surface area contributed by atoms with Crippen molar-refractivity contribution in [3.63, 3.8) is 0 Å². The average Bonchev–Trinajstić information content (AvgIpc) is 3.89. The largest absolute Gasteiger partial charge is 0.453 e. The van der Waals surface area contributed by atoms with E-state index in [1.807, 2.05) is 29.8 Å². The van der Waals surface area contributed by atoms with E-state index in [0.29, 0.717) is 92.2 Å². The molecule has 0 aliphatic carbocycles. The first kappa shape index (κ1) is 64.0. The summed E-state index contributed by atoms with van der Waals surface area (Å²) in [6.45, 7) is 1.66. The van der Waals surface area contributed by atoms with Crippen LogP contribution in [0.25, 0.3) is 5.57 Å². The molecule has 6 atom stereocenters. The molecule has 7 N–H and O–H groups in total. The van der Waals surface area contributed by atoms with E-state index in [4.69, 9.17) is 15.5 Å². The third kappa shape index (κ3) is 15.3. The van der Waals surface area contributed by atoms with Gasteiger partial charge < -0.3 is 45.9 Å². The van der Waals surface area contributed by atoms with Gasteiger partial charge in [0, 0.05) is 72.9 Å². The molecule has 82 heavy (non-hydrogen) atoms. The van der Waals surface area contributed by atoms with Gasteiger partial charge in [-0.25, -0.2) is 33.4 Å². The summed E-state index contributed by atoms with van der Waals surface area (Å²) in [7, 11) is 1.59. The highest BCUT2D eigenvalue weighted by Crippen LogP contribution is 2.42. The molecule has 3 aromatic rings. The number of hydrogen-bond donors (Lipinski definition) is 6. The number of allylic oxidation sites excluding steroid dienone is 1. The number of hydrogen-bond acceptors (Lipinski definition) is 14. The fourth-order valence-corrected chi connectivity index (χ4v) is 9.65. The number of pyridine rings is 1. The highest BCUT2D eigenvalue weighted by molar-refractivity contribution is 6.09. The molecule has 2 aromatic carbocycles. The summed E-state index contributed by atoms with van der Waals surface area (Å²) in [6.07, 6.45) is -12.7. The zero-order valence-corrected chi connectivity index (χ0v) is 45.7. The van der Waals surface area contributed by atoms with Crippen LogP contribution in [0.3, 0.4) is 0 Å². The summed E-state index contributed by atoms with van der Waals surface area (Å²) in [4.78, 5) is 65.5. The van der Waals surface area contributed by atoms with Gasteiger partial charge in [0.1, 0.15) is 29.5 Å². The molecule has 3 aliphatic heterocycles. The van der Waals surface area contributed by atoms with Gasteiger partial charge in [-0.15, -0.1) is 0 Å². The molecular formula is C54H64F10N10O8. The predicted octanol–water partition coefficient (Wildman–Crippen LogP) is 6.26. The predicted molar refractivity (Wildman–Crippen MR) is 278 cm³/mol. The molecule has 4 amide bonds. The van der Waals surface area contributed by atoms with E-state index in [0.717, 1.165) is 59.2 Å². The van der Waals surface area contributed by atoms with Crippen molar-refractivity contribution in [2.24, 2.45) is 21.6 Å². The monoisotopic (exact) mass is 1170 g/mol. The zero-order valence-electron chi connectivity index (χ0n) is 45.7. The third-order valence-corrected chi connectivity index (χ3v) is 14.8. The lowest BCUT2D eigenvalue weighted by atomic mass is 9.82. The lowest BCUT2D eigenvalue weighted by Gasteiger charge is -2.48. The fraction of sp³-hybridized carbons (Fsp3) is 0.519. The summed E-state index contributed by atoms with van der Waals surface area (Å²) < 4.78 is 160. The number of fused-ring (bicyclic) bond motifs is 2. The number of amides is 4. The molecule has 6 rings (SSSR count). The second-order valence-electron chi connectivity index (χ2n) is 21.1. The number of anilines is 1. The van der Waals surface area contributed by atoms with Gasteiger partial charge in [-0.3, -0.25) is 19.9 Å². The van der Waals surface area contributed by atoms with Gasteiger partial charge in [0.15, 0.2) is 0 Å². The number of piperazine rings is 1. The molecule has 2 bridgehead atoms. The van der Waals surface area contributed by atoms with Crippen LogP contribution in [0.5, 0.6) is 0 Å². The van der Waals surface area contributed by atoms with E-state index in [-0.39, 0.29) is 5.56 Å². The quantitative estimate of drug-likeness (QED) is 0.0242. The number of aliphatic hydroxyl groups excluding tert-OH is 1. The zero-order chi connectivity index (χ0) is 60.6. The number of nitrogens with one attached hydrogen (secondary N) is 4. The molecule has 3 saturated heterocycles. The topological polar surface area (TPSA) is 225 Å². The van der Waals surface area contributed by atoms with Gasteiger partial charge in [0.2, 0.25) is 5.91 Å². The molecule has 1 aromatic heterocycles. The van der Waals surface area contributed by atoms with Crippen LogP contribution in [-0.2, 0) is 36.8 Å². The number of methoxy groups -OCH3 is 2. The summed E-state index contributed by atoms with van der Waals surface area (Å²) in [6, 6.07) is 5.48. The summed E-state index contributed by atoms with van der Waals surface area (Å²) in [5.41, 5.74) is 1.55. The van der Waals surface area contributed by atoms with E-state index < -0.39 is 126 Å². The number of carbonyl (C=O) groups excluding carboxylic acids is 4. The molecular weight excluding hydrogens is 1110 g/mol. The number of aliphatic hydroxyl groups is 1. The van der Waals surface area contributed by atoms with Crippen LogP contribution in [-0.4, -0.2) is 159 Å². The van der Waals surface area contributed by atoms with Gasteiger partial charge in [0.25, 0.3) is 5.91 Å². The number of aromatic nitrogens is 1. The standard InChI is InChI=1S/C54H64F10N10O8/c1-29-32(14-17-43(67-29)72-23-35-15-16-36(24-72)74(35)37-27-82-28-37)13-12-30-8-10-31(11-9-30)18-41(68-46(76)44(69-49(78)80-6)51(2,3)53(59,60)61)42(75)26-73(71-47(77)45(70-50(79)81-7)52(4,5)54(62,63)64)25-38-39(55)19-33(20-40(38)56)34(21-65)22-66-48(57)58/h8-11,14,17,19-22,35-37,41-42,44-45,48,75H,15-16,18,23-28,65H2,1-7H3,(H,68,76)(H,69,78)(H,70,79)(H,71,77)/t35?,36?,41-,42-,44+,45+/m0/s1. The van der Waals surface area contributed by atoms with E-state index in [1.165, 1.54) is 12.1 Å². The SMILES string of the molecule is COC(=O)N[C@H](C(=O)N[C@@H](Cc1ccc(C#Cc2ccc(N3CC4CCC(C3)N4C3COC3)nc2C)cc1)[C@@H](O)CN(Cc1c(F)cc(C(C=NC(F)F)=CN)cc1F)NC(=O)[C@@H](NC(=O)OC)C(C)(C)C(F)(F)F)C(C)(C)C(F)(F)F. The Balaban J connectivity index is 1.33. The van der Waals surface area contributed by atoms with Crippen molar-refractivity contribution in [1.82, 2.24) is 36.3 Å². The number of carbonyl (C=O) groups is 4. The smallest absolute Gasteiger partial charge is 0.407 e. The molecule has 0 radical (unpaired) electrons. The Morgan fingerprint density at radius 3 is 1.87 bits per heavy atom. The van der Waals surface area contributed by atoms with Crippen LogP contribution >= 0.6 is 0 Å². The molecule has 28 heteroatoms. The van der Waals surface area contributed by atoms with Crippen LogP contribution in [0.4, 0.5) is 59.3 Å². The average molecular weight is 1170 g/mol. The number of alkyl carbamates (subject to hydrolysis) is 2. The van der Waals surface area contributed by atoms with Crippen molar-refractivity contribution in [2.75, 3.05) is 52.0 Å². The highest BCUT2D eigenvalue weighted by Gasteiger charge is 2.57. The number of aliphatic imine (C=N–C) groups is 1. The van der Waals surface area contributed by atoms with E-state index in [2.05, 4.69) is 41.4 Å². The number of rotatable bonds is 20. The number of halogens is 10. The van der Waals surface area contributed by atoms with E-state index in [1.54, 1.807) is 17.4 Å². The maximum Gasteiger partial charge on any atom is 0.407 e. The van der Waals surface area contributed by atoms with E-state index >= 15 is 8.78 Å². The van der Waals surface area contributed by atoms with Crippen molar-refractivity contribution in [3.05, 3.63) is 99.9 Å². The minimum absolute atomic E-state index is 0.264. The Kier molecular flexibility index (Phi) is 20.6. The normalized spacial score (nSPS) is 18.7. The van der Waals surface area contributed by atoms with Crippen LogP contribution in [0, 0.1) is 41.2 Å². The Morgan fingerprint density at radius 2 is 1.39 bits per heavy atom. The van der Waals surface area contributed by atoms with Gasteiger partial charge in [-0.2, -0.15) is 35.1 Å². The molecule has 0 saturated carbocycles. The number of nitrogens with zero attached hydrogens (tertiary/aromatic N) is 5. The molecule has 2 unspecified atom stereocenters. The first-order valence-electron chi connectivity index (χ1n) is 25.7. The summed E-state index contributed by atoms with van der Waals surface area (Å²) in [5, 5.41) is 18.5. The molecule has 448 valence electrons. The number of benzene rings is 2. The molecule has 3 aliphatic rings. The molecule has 18 nitrogen and oxygen atoms in total. The second-order valence-corrected chi connectivity index (χ2v) is 21.1. The van der Waals surface area contributed by atoms with Crippen molar-refractivity contribution >= 4 is 41.6 Å². The Labute approximate surface area is 466 Å². The minimum Gasteiger partial charge on any atom is -0.453 e. The number of hydrazine groups is 1. The molecule has 0 spiro atoms. The van der Waals surface area contributed by atoms with E-state index in [9.17, 15) is 59.4 Å². The summed E-state index contributed by atoms with van der Waals surface area (Å²) >= 11 is 0. The highest BCUT2D eigenvalue weighted by atomic mass is 19.4. The fourth-order valence-electron chi connectivity index (χ4n) is 9.65. The second kappa shape index (κ2) is 26.4. The van der Waals surface area contributed by atoms with Crippen LogP contribution < -0.4 is 32.0 Å². The molecule has 4 heterocycles. The first-order valence-corrected chi connectivity index (χ1v) is 25.7. The third-order valence-electron chi connectivity index (χ3n) is 14.8. The first-order chi connectivity index (χ1) is 38.4. The summed E-state index contributed by atoms with van der Waals surface area (Å²) in [5.74, 6) is 0.786. The Hall–Kier alpha value is -7.22. The lowest BCUT2D eigenvalue weighted by molar-refractivity contribution is -0.221. The number of alkyl halides is 8. The van der Waals surface area contributed by atoms with Gasteiger partial charge in [-0.1, -0.05) is 24.0 Å². The van der Waals surface area contributed by atoms with Gasteiger partial charge in [0.05, 0.1) is 62.1 Å². The van der Waals surface area contributed by atoms with Crippen LogP contribution in [0.2, 0.25) is 0 Å². The maximum atomic E-state index is 16.0. The van der Waals surface area contributed by atoms with Gasteiger partial charge >= 0.3 is 31.1 Å². The number of ether oxygens (including phenoxy) is 3. The number of aryl methyl sites for hydroxylation is 1. The van der Waals surface area contributed by atoms with Crippen molar-refractivity contribution in [1.29, 1.82) is 0 Å². The molecule has 3 fully saturated rings. The maximum absolute atomic E-state index is 16.0. The number of nitrogens with two attached hydrogens (primary N) is 1. The van der Waals surface area contributed by atoms with Gasteiger partial charge in [-0.05, 0) is 101 Å². The van der Waals surface area contributed by atoms with Crippen molar-refractivity contribution < 1.29 is 82.4 Å². The Morgan fingerprint density at radius 1 is 0.841 bits per heavy atom. The lowest BCUT2D eigenvalue weighted by Crippen LogP contribution is -2.63. The van der Waals surface area contributed by atoms with Crippen molar-refractivity contribution in [3.8, 4) is 11.8 Å².